The van der Waals surface area contributed by atoms with Crippen LogP contribution in [-0.4, -0.2) is 49.8 Å². The van der Waals surface area contributed by atoms with Gasteiger partial charge in [0.25, 0.3) is 0 Å². The van der Waals surface area contributed by atoms with E-state index in [0.717, 1.165) is 39.1 Å². The van der Waals surface area contributed by atoms with Crippen LogP contribution in [0.3, 0.4) is 0 Å². The number of thiophene rings is 1. The van der Waals surface area contributed by atoms with E-state index in [4.69, 9.17) is 4.74 Å². The van der Waals surface area contributed by atoms with Gasteiger partial charge in [0.05, 0.1) is 12.7 Å². The van der Waals surface area contributed by atoms with Crippen molar-refractivity contribution in [3.05, 3.63) is 20.8 Å². The molecule has 0 aliphatic carbocycles. The Morgan fingerprint density at radius 1 is 1.48 bits per heavy atom. The molecule has 0 spiro atoms. The van der Waals surface area contributed by atoms with Crippen LogP contribution in [0, 0.1) is 0 Å². The van der Waals surface area contributed by atoms with Gasteiger partial charge in [-0.15, -0.1) is 11.3 Å². The first-order valence-corrected chi connectivity index (χ1v) is 9.70. The highest BCUT2D eigenvalue weighted by molar-refractivity contribution is 9.10. The summed E-state index contributed by atoms with van der Waals surface area (Å²) in [4.78, 5) is 3.96. The molecule has 1 aliphatic heterocycles. The molecule has 21 heavy (non-hydrogen) atoms. The number of ether oxygens (including phenoxy) is 1. The number of hydrogen-bond acceptors (Lipinski definition) is 4. The lowest BCUT2D eigenvalue weighted by atomic mass is 10.0. The molecule has 0 saturated carbocycles. The molecule has 1 N–H and O–H groups in total. The summed E-state index contributed by atoms with van der Waals surface area (Å²) in [7, 11) is 0. The van der Waals surface area contributed by atoms with Gasteiger partial charge in [-0.2, -0.15) is 0 Å². The standard InChI is InChI=1S/C16H27BrN2OS/c1-3-5-18-15(10-14-9-13(17)12-21-14)16-11-19(6-4-2)7-8-20-16/h9,12,15-16,18H,3-8,10-11H2,1-2H3. The molecule has 2 unspecified atom stereocenters. The highest BCUT2D eigenvalue weighted by atomic mass is 79.9. The van der Waals surface area contributed by atoms with Gasteiger partial charge in [-0.1, -0.05) is 13.8 Å². The van der Waals surface area contributed by atoms with Crippen molar-refractivity contribution in [1.29, 1.82) is 0 Å². The van der Waals surface area contributed by atoms with Gasteiger partial charge in [0.2, 0.25) is 0 Å². The quantitative estimate of drug-likeness (QED) is 0.752. The van der Waals surface area contributed by atoms with Crippen molar-refractivity contribution >= 4 is 27.3 Å². The number of rotatable bonds is 8. The number of hydrogen-bond donors (Lipinski definition) is 1. The molecule has 1 aliphatic rings. The summed E-state index contributed by atoms with van der Waals surface area (Å²) in [5, 5.41) is 5.86. The van der Waals surface area contributed by atoms with Crippen molar-refractivity contribution in [2.45, 2.75) is 45.3 Å². The third kappa shape index (κ3) is 5.64. The van der Waals surface area contributed by atoms with E-state index in [-0.39, 0.29) is 0 Å². The van der Waals surface area contributed by atoms with E-state index in [1.165, 1.54) is 22.3 Å². The number of nitrogens with one attached hydrogen (secondary N) is 1. The minimum absolute atomic E-state index is 0.303. The molecule has 0 radical (unpaired) electrons. The summed E-state index contributed by atoms with van der Waals surface area (Å²) in [6.45, 7) is 9.72. The van der Waals surface area contributed by atoms with Crippen molar-refractivity contribution in [2.75, 3.05) is 32.8 Å². The Morgan fingerprint density at radius 3 is 3.00 bits per heavy atom. The van der Waals surface area contributed by atoms with Gasteiger partial charge in [0, 0.05) is 33.9 Å². The van der Waals surface area contributed by atoms with E-state index in [2.05, 4.69) is 51.4 Å². The molecule has 0 aromatic carbocycles. The van der Waals surface area contributed by atoms with E-state index < -0.39 is 0 Å². The van der Waals surface area contributed by atoms with E-state index in [1.807, 2.05) is 11.3 Å². The van der Waals surface area contributed by atoms with Gasteiger partial charge in [0.1, 0.15) is 0 Å². The largest absolute Gasteiger partial charge is 0.374 e. The molecule has 1 aromatic rings. The van der Waals surface area contributed by atoms with Gasteiger partial charge in [0.15, 0.2) is 0 Å². The lowest BCUT2D eigenvalue weighted by Gasteiger charge is -2.37. The van der Waals surface area contributed by atoms with Crippen LogP contribution in [0.1, 0.15) is 31.6 Å². The first-order valence-electron chi connectivity index (χ1n) is 8.03. The number of halogens is 1. The highest BCUT2D eigenvalue weighted by Gasteiger charge is 2.28. The van der Waals surface area contributed by atoms with Crippen LogP contribution in [0.25, 0.3) is 0 Å². The predicted octanol–water partition coefficient (Wildman–Crippen LogP) is 3.53. The van der Waals surface area contributed by atoms with Gasteiger partial charge < -0.3 is 10.1 Å². The van der Waals surface area contributed by atoms with Crippen molar-refractivity contribution in [3.63, 3.8) is 0 Å². The Hall–Kier alpha value is 0.0600. The Morgan fingerprint density at radius 2 is 2.33 bits per heavy atom. The van der Waals surface area contributed by atoms with Crippen LogP contribution in [0.15, 0.2) is 15.9 Å². The number of nitrogens with zero attached hydrogens (tertiary/aromatic N) is 1. The lowest BCUT2D eigenvalue weighted by molar-refractivity contribution is -0.0460. The molecule has 5 heteroatoms. The molecule has 0 bridgehead atoms. The van der Waals surface area contributed by atoms with Crippen LogP contribution in [0.5, 0.6) is 0 Å². The van der Waals surface area contributed by atoms with Crippen molar-refractivity contribution < 1.29 is 4.74 Å². The summed E-state index contributed by atoms with van der Waals surface area (Å²) < 4.78 is 7.27. The van der Waals surface area contributed by atoms with E-state index >= 15 is 0 Å². The molecule has 0 amide bonds. The summed E-state index contributed by atoms with van der Waals surface area (Å²) in [6.07, 6.45) is 3.74. The molecule has 1 fully saturated rings. The zero-order valence-electron chi connectivity index (χ0n) is 13.1. The summed E-state index contributed by atoms with van der Waals surface area (Å²) in [5.74, 6) is 0. The molecule has 120 valence electrons. The first kappa shape index (κ1) is 17.4. The van der Waals surface area contributed by atoms with Crippen molar-refractivity contribution in [3.8, 4) is 0 Å². The summed E-state index contributed by atoms with van der Waals surface area (Å²) >= 11 is 5.38. The third-order valence-electron chi connectivity index (χ3n) is 3.87. The van der Waals surface area contributed by atoms with Gasteiger partial charge >= 0.3 is 0 Å². The Bertz CT molecular complexity index is 411. The SMILES string of the molecule is CCCNC(Cc1cc(Br)cs1)C1CN(CCC)CCO1. The zero-order chi connectivity index (χ0) is 15.1. The Kier molecular flexibility index (Phi) is 7.68. The van der Waals surface area contributed by atoms with Gasteiger partial charge in [-0.25, -0.2) is 0 Å². The lowest BCUT2D eigenvalue weighted by Crippen LogP contribution is -2.53. The fourth-order valence-electron chi connectivity index (χ4n) is 2.84. The van der Waals surface area contributed by atoms with Crippen LogP contribution >= 0.6 is 27.3 Å². The minimum Gasteiger partial charge on any atom is -0.374 e. The summed E-state index contributed by atoms with van der Waals surface area (Å²) in [5.41, 5.74) is 0. The fourth-order valence-corrected chi connectivity index (χ4v) is 4.35. The van der Waals surface area contributed by atoms with E-state index in [1.54, 1.807) is 0 Å². The molecule has 2 atom stereocenters. The Labute approximate surface area is 141 Å². The van der Waals surface area contributed by atoms with Crippen molar-refractivity contribution in [1.82, 2.24) is 10.2 Å². The van der Waals surface area contributed by atoms with Crippen LogP contribution in [0.4, 0.5) is 0 Å². The van der Waals surface area contributed by atoms with Crippen molar-refractivity contribution in [2.24, 2.45) is 0 Å². The highest BCUT2D eigenvalue weighted by Crippen LogP contribution is 2.23. The average Bonchev–Trinajstić information content (AvgIpc) is 2.89. The number of morpholine rings is 1. The van der Waals surface area contributed by atoms with E-state index in [9.17, 15) is 0 Å². The molecule has 2 heterocycles. The normalized spacial score (nSPS) is 21.6. The maximum Gasteiger partial charge on any atom is 0.0858 e. The zero-order valence-corrected chi connectivity index (χ0v) is 15.5. The van der Waals surface area contributed by atoms with Crippen LogP contribution in [-0.2, 0) is 11.2 Å². The summed E-state index contributed by atoms with van der Waals surface area (Å²) in [6, 6.07) is 2.65. The molecule has 2 rings (SSSR count). The average molecular weight is 375 g/mol. The molecular formula is C16H27BrN2OS. The van der Waals surface area contributed by atoms with Gasteiger partial charge in [-0.3, -0.25) is 4.90 Å². The molecular weight excluding hydrogens is 348 g/mol. The maximum absolute atomic E-state index is 6.08. The second-order valence-corrected chi connectivity index (χ2v) is 7.62. The topological polar surface area (TPSA) is 24.5 Å². The second-order valence-electron chi connectivity index (χ2n) is 5.71. The molecule has 3 nitrogen and oxygen atoms in total. The fraction of sp³-hybridized carbons (Fsp3) is 0.750. The predicted molar refractivity (Wildman–Crippen MR) is 94.3 cm³/mol. The maximum atomic E-state index is 6.08. The Balaban J connectivity index is 1.96. The first-order chi connectivity index (χ1) is 10.2. The van der Waals surface area contributed by atoms with Crippen LogP contribution < -0.4 is 5.32 Å². The monoisotopic (exact) mass is 374 g/mol. The van der Waals surface area contributed by atoms with E-state index in [0.29, 0.717) is 12.1 Å². The minimum atomic E-state index is 0.303. The second kappa shape index (κ2) is 9.26. The third-order valence-corrected chi connectivity index (χ3v) is 5.59. The smallest absolute Gasteiger partial charge is 0.0858 e. The van der Waals surface area contributed by atoms with Crippen LogP contribution in [0.2, 0.25) is 0 Å². The van der Waals surface area contributed by atoms with Gasteiger partial charge in [-0.05, 0) is 54.3 Å². The molecule has 1 aromatic heterocycles. The molecule has 1 saturated heterocycles.